The van der Waals surface area contributed by atoms with Gasteiger partial charge in [0.1, 0.15) is 29.6 Å². The largest absolute Gasteiger partial charge is 0.352 e. The molecule has 4 aromatic rings. The molecule has 1 aliphatic rings. The van der Waals surface area contributed by atoms with Crippen LogP contribution in [0.3, 0.4) is 0 Å². The Morgan fingerprint density at radius 2 is 1.94 bits per heavy atom. The van der Waals surface area contributed by atoms with E-state index < -0.39 is 0 Å². The quantitative estimate of drug-likeness (QED) is 0.293. The van der Waals surface area contributed by atoms with Crippen LogP contribution in [0.1, 0.15) is 4.88 Å². The first-order chi connectivity index (χ1) is 17.0. The van der Waals surface area contributed by atoms with E-state index in [2.05, 4.69) is 19.9 Å². The number of aromatic nitrogens is 3. The number of hydrogen-bond donors (Lipinski definition) is 0. The van der Waals surface area contributed by atoms with E-state index in [9.17, 15) is 14.4 Å². The van der Waals surface area contributed by atoms with Crippen LogP contribution in [0.2, 0.25) is 5.02 Å². The molecule has 0 saturated carbocycles. The number of fused-ring (bicyclic) bond motifs is 1. The van der Waals surface area contributed by atoms with Crippen LogP contribution in [-0.2, 0) is 4.79 Å². The van der Waals surface area contributed by atoms with Crippen molar-refractivity contribution < 1.29 is 9.18 Å². The maximum Gasteiger partial charge on any atom is 0.264 e. The number of piperazine rings is 1. The molecule has 7 nitrogen and oxygen atoms in total. The van der Waals surface area contributed by atoms with E-state index in [-0.39, 0.29) is 17.3 Å². The van der Waals surface area contributed by atoms with E-state index in [1.165, 1.54) is 23.7 Å². The van der Waals surface area contributed by atoms with Crippen molar-refractivity contribution in [3.8, 4) is 17.2 Å². The van der Waals surface area contributed by atoms with Crippen LogP contribution < -0.4 is 4.90 Å². The van der Waals surface area contributed by atoms with E-state index in [1.54, 1.807) is 53.0 Å². The Morgan fingerprint density at radius 3 is 2.66 bits per heavy atom. The maximum atomic E-state index is 14.4. The summed E-state index contributed by atoms with van der Waals surface area (Å²) in [7, 11) is 0. The predicted molar refractivity (Wildman–Crippen MR) is 134 cm³/mol. The highest BCUT2D eigenvalue weighted by atomic mass is 35.5. The van der Waals surface area contributed by atoms with Gasteiger partial charge in [0.15, 0.2) is 0 Å². The zero-order valence-corrected chi connectivity index (χ0v) is 19.9. The van der Waals surface area contributed by atoms with Crippen molar-refractivity contribution in [3.63, 3.8) is 0 Å². The lowest BCUT2D eigenvalue weighted by Crippen LogP contribution is -2.49. The molecule has 0 N–H and O–H groups in total. The number of carbonyl (C=O) groups excluding carboxylic acids is 1. The molecule has 0 atom stereocenters. The Hall–Kier alpha value is -3.87. The number of nitriles is 1. The predicted octanol–water partition coefficient (Wildman–Crippen LogP) is 4.80. The number of halogens is 2. The average Bonchev–Trinajstić information content (AvgIpc) is 3.40. The number of amides is 1. The third-order valence-electron chi connectivity index (χ3n) is 5.82. The summed E-state index contributed by atoms with van der Waals surface area (Å²) in [6.45, 7) is 1.94. The Labute approximate surface area is 209 Å². The fourth-order valence-corrected chi connectivity index (χ4v) is 4.89. The molecule has 0 aliphatic carbocycles. The van der Waals surface area contributed by atoms with Crippen LogP contribution in [0.15, 0.2) is 60.0 Å². The van der Waals surface area contributed by atoms with E-state index in [0.717, 1.165) is 10.3 Å². The van der Waals surface area contributed by atoms with E-state index in [1.807, 2.05) is 6.07 Å². The molecule has 3 heterocycles. The molecule has 1 amide bonds. The standard InChI is InChI=1S/C25H18ClFN6OS/c26-21-10-20-23(11-19(21)18-3-1-2-4-22(18)27)30-14-31-24(20)32-5-7-33(8-6-32)25(34)16(12-28)9-17-13-29-15-35-17/h1-4,9-11,13-15H,5-8H2. The Bertz CT molecular complexity index is 1480. The van der Waals surface area contributed by atoms with E-state index in [4.69, 9.17) is 11.6 Å². The molecule has 0 spiro atoms. The molecule has 35 heavy (non-hydrogen) atoms. The van der Waals surface area contributed by atoms with Gasteiger partial charge in [0.2, 0.25) is 0 Å². The van der Waals surface area contributed by atoms with Crippen molar-refractivity contribution in [1.82, 2.24) is 19.9 Å². The van der Waals surface area contributed by atoms with Gasteiger partial charge in [-0.15, -0.1) is 11.3 Å². The van der Waals surface area contributed by atoms with Gasteiger partial charge >= 0.3 is 0 Å². The van der Waals surface area contributed by atoms with Crippen LogP contribution in [0.25, 0.3) is 28.1 Å². The highest BCUT2D eigenvalue weighted by Crippen LogP contribution is 2.35. The molecule has 0 unspecified atom stereocenters. The highest BCUT2D eigenvalue weighted by molar-refractivity contribution is 7.10. The number of carbonyl (C=O) groups is 1. The Kier molecular flexibility index (Phi) is 6.40. The van der Waals surface area contributed by atoms with Crippen molar-refractivity contribution in [2.75, 3.05) is 31.1 Å². The highest BCUT2D eigenvalue weighted by Gasteiger charge is 2.26. The van der Waals surface area contributed by atoms with Crippen molar-refractivity contribution in [3.05, 3.63) is 75.7 Å². The molecule has 1 fully saturated rings. The summed E-state index contributed by atoms with van der Waals surface area (Å²) in [5, 5.41) is 10.6. The second kappa shape index (κ2) is 9.78. The van der Waals surface area contributed by atoms with Crippen molar-refractivity contribution in [1.29, 1.82) is 5.26 Å². The molecular formula is C25H18ClFN6OS. The van der Waals surface area contributed by atoms with Gasteiger partial charge in [0.25, 0.3) is 5.91 Å². The third kappa shape index (κ3) is 4.58. The van der Waals surface area contributed by atoms with Gasteiger partial charge in [-0.1, -0.05) is 29.8 Å². The van der Waals surface area contributed by atoms with Gasteiger partial charge < -0.3 is 9.80 Å². The third-order valence-corrected chi connectivity index (χ3v) is 6.86. The van der Waals surface area contributed by atoms with Crippen molar-refractivity contribution >= 4 is 51.6 Å². The molecule has 2 aromatic carbocycles. The van der Waals surface area contributed by atoms with Gasteiger partial charge in [-0.05, 0) is 24.3 Å². The molecular weight excluding hydrogens is 487 g/mol. The van der Waals surface area contributed by atoms with E-state index in [0.29, 0.717) is 53.7 Å². The zero-order valence-electron chi connectivity index (χ0n) is 18.4. The smallest absolute Gasteiger partial charge is 0.264 e. The summed E-state index contributed by atoms with van der Waals surface area (Å²) in [4.78, 5) is 30.2. The molecule has 5 rings (SSSR count). The summed E-state index contributed by atoms with van der Waals surface area (Å²) >= 11 is 7.93. The second-order valence-electron chi connectivity index (χ2n) is 7.88. The fraction of sp³-hybridized carbons (Fsp3) is 0.160. The summed E-state index contributed by atoms with van der Waals surface area (Å²) in [6.07, 6.45) is 4.66. The van der Waals surface area contributed by atoms with Crippen molar-refractivity contribution in [2.24, 2.45) is 0 Å². The van der Waals surface area contributed by atoms with E-state index >= 15 is 0 Å². The fourth-order valence-electron chi connectivity index (χ4n) is 4.07. The normalized spacial score (nSPS) is 14.3. The minimum atomic E-state index is -0.357. The molecule has 2 aromatic heterocycles. The summed E-state index contributed by atoms with van der Waals surface area (Å²) in [5.74, 6) is 0.0420. The van der Waals surface area contributed by atoms with Gasteiger partial charge in [0, 0.05) is 58.8 Å². The minimum absolute atomic E-state index is 0.0858. The van der Waals surface area contributed by atoms with Gasteiger partial charge in [-0.2, -0.15) is 5.26 Å². The first kappa shape index (κ1) is 22.9. The minimum Gasteiger partial charge on any atom is -0.352 e. The molecule has 10 heteroatoms. The average molecular weight is 505 g/mol. The summed E-state index contributed by atoms with van der Waals surface area (Å²) in [6, 6.07) is 12.0. The number of thiazole rings is 1. The van der Waals surface area contributed by atoms with Crippen molar-refractivity contribution in [2.45, 2.75) is 0 Å². The molecule has 1 saturated heterocycles. The number of rotatable bonds is 4. The Morgan fingerprint density at radius 1 is 1.14 bits per heavy atom. The Balaban J connectivity index is 1.38. The number of hydrogen-bond acceptors (Lipinski definition) is 7. The van der Waals surface area contributed by atoms with Crippen LogP contribution in [-0.4, -0.2) is 51.9 Å². The monoisotopic (exact) mass is 504 g/mol. The van der Waals surface area contributed by atoms with Crippen LogP contribution >= 0.6 is 22.9 Å². The SMILES string of the molecule is N#CC(=Cc1cncs1)C(=O)N1CCN(c2ncnc3cc(-c4ccccc4F)c(Cl)cc23)CC1. The topological polar surface area (TPSA) is 86.0 Å². The lowest BCUT2D eigenvalue weighted by molar-refractivity contribution is -0.126. The number of nitrogens with zero attached hydrogens (tertiary/aromatic N) is 6. The number of benzene rings is 2. The van der Waals surface area contributed by atoms with Gasteiger partial charge in [0.05, 0.1) is 11.0 Å². The molecule has 1 aliphatic heterocycles. The molecule has 0 bridgehead atoms. The molecule has 0 radical (unpaired) electrons. The lowest BCUT2D eigenvalue weighted by Gasteiger charge is -2.35. The zero-order chi connectivity index (χ0) is 24.4. The van der Waals surface area contributed by atoms with Gasteiger partial charge in [-0.25, -0.2) is 14.4 Å². The summed E-state index contributed by atoms with van der Waals surface area (Å²) in [5.41, 5.74) is 3.36. The second-order valence-corrected chi connectivity index (χ2v) is 9.20. The van der Waals surface area contributed by atoms with Crippen LogP contribution in [0, 0.1) is 17.1 Å². The van der Waals surface area contributed by atoms with Crippen LogP contribution in [0.5, 0.6) is 0 Å². The number of anilines is 1. The summed E-state index contributed by atoms with van der Waals surface area (Å²) < 4.78 is 14.4. The first-order valence-corrected chi connectivity index (χ1v) is 12.0. The van der Waals surface area contributed by atoms with Gasteiger partial charge in [-0.3, -0.25) is 9.78 Å². The first-order valence-electron chi connectivity index (χ1n) is 10.8. The van der Waals surface area contributed by atoms with Crippen LogP contribution in [0.4, 0.5) is 10.2 Å². The molecule has 174 valence electrons. The maximum absolute atomic E-state index is 14.4. The lowest BCUT2D eigenvalue weighted by atomic mass is 10.0.